The van der Waals surface area contributed by atoms with Gasteiger partial charge in [-0.25, -0.2) is 4.39 Å². The number of methoxy groups -OCH3 is 1. The number of aliphatic hydroxyl groups is 1. The Kier molecular flexibility index (Phi) is 9.35. The summed E-state index contributed by atoms with van der Waals surface area (Å²) in [4.78, 5) is 0. The SMILES string of the molecule is COc1cc(CNCCCNCCO)ccc1OCc1ccc(F)cc1Cl. The van der Waals surface area contributed by atoms with E-state index in [2.05, 4.69) is 10.6 Å². The van der Waals surface area contributed by atoms with Gasteiger partial charge in [-0.3, -0.25) is 0 Å². The second kappa shape index (κ2) is 11.8. The van der Waals surface area contributed by atoms with Gasteiger partial charge in [0.25, 0.3) is 0 Å². The lowest BCUT2D eigenvalue weighted by Gasteiger charge is -2.13. The number of halogens is 2. The maximum absolute atomic E-state index is 13.1. The van der Waals surface area contributed by atoms with E-state index in [1.165, 1.54) is 12.1 Å². The number of ether oxygens (including phenoxy) is 2. The van der Waals surface area contributed by atoms with Crippen molar-refractivity contribution in [2.45, 2.75) is 19.6 Å². The van der Waals surface area contributed by atoms with E-state index in [1.807, 2.05) is 18.2 Å². The molecule has 148 valence electrons. The van der Waals surface area contributed by atoms with Crippen molar-refractivity contribution in [1.82, 2.24) is 10.6 Å². The van der Waals surface area contributed by atoms with Crippen molar-refractivity contribution < 1.29 is 19.0 Å². The van der Waals surface area contributed by atoms with Gasteiger partial charge >= 0.3 is 0 Å². The molecule has 0 fully saturated rings. The molecule has 0 aliphatic carbocycles. The van der Waals surface area contributed by atoms with Crippen LogP contribution in [0.25, 0.3) is 0 Å². The normalized spacial score (nSPS) is 10.8. The van der Waals surface area contributed by atoms with Crippen LogP contribution in [0.15, 0.2) is 36.4 Å². The number of hydrogen-bond donors (Lipinski definition) is 3. The third kappa shape index (κ3) is 7.34. The Hall–Kier alpha value is -1.86. The van der Waals surface area contributed by atoms with Crippen LogP contribution >= 0.6 is 11.6 Å². The van der Waals surface area contributed by atoms with Gasteiger partial charge in [-0.05, 0) is 49.3 Å². The number of nitrogens with one attached hydrogen (secondary N) is 2. The number of hydrogen-bond acceptors (Lipinski definition) is 5. The van der Waals surface area contributed by atoms with E-state index in [-0.39, 0.29) is 19.0 Å². The molecule has 2 aromatic rings. The van der Waals surface area contributed by atoms with Crippen LogP contribution in [0.1, 0.15) is 17.5 Å². The zero-order valence-electron chi connectivity index (χ0n) is 15.4. The first kappa shape index (κ1) is 21.4. The number of benzene rings is 2. The standard InChI is InChI=1S/C20H26ClFN2O3/c1-26-20-11-15(13-24-8-2-7-23-9-10-25)3-6-19(20)27-14-16-4-5-17(22)12-18(16)21/h3-6,11-12,23-25H,2,7-10,13-14H2,1H3. The van der Waals surface area contributed by atoms with Gasteiger partial charge in [-0.1, -0.05) is 23.7 Å². The molecular formula is C20H26ClFN2O3. The smallest absolute Gasteiger partial charge is 0.161 e. The molecule has 5 nitrogen and oxygen atoms in total. The lowest BCUT2D eigenvalue weighted by molar-refractivity contribution is 0.284. The predicted molar refractivity (Wildman–Crippen MR) is 105 cm³/mol. The summed E-state index contributed by atoms with van der Waals surface area (Å²) in [6.07, 6.45) is 0.983. The van der Waals surface area contributed by atoms with E-state index in [4.69, 9.17) is 26.2 Å². The minimum absolute atomic E-state index is 0.162. The Bertz CT molecular complexity index is 716. The molecule has 27 heavy (non-hydrogen) atoms. The quantitative estimate of drug-likeness (QED) is 0.481. The highest BCUT2D eigenvalue weighted by atomic mass is 35.5. The highest BCUT2D eigenvalue weighted by molar-refractivity contribution is 6.31. The first-order valence-corrected chi connectivity index (χ1v) is 9.27. The highest BCUT2D eigenvalue weighted by Crippen LogP contribution is 2.29. The van der Waals surface area contributed by atoms with Crippen LogP contribution in [-0.4, -0.2) is 38.5 Å². The van der Waals surface area contributed by atoms with Crippen molar-refractivity contribution in [2.24, 2.45) is 0 Å². The monoisotopic (exact) mass is 396 g/mol. The molecular weight excluding hydrogens is 371 g/mol. The maximum Gasteiger partial charge on any atom is 0.161 e. The molecule has 0 aliphatic rings. The highest BCUT2D eigenvalue weighted by Gasteiger charge is 2.08. The van der Waals surface area contributed by atoms with Crippen LogP contribution in [0.2, 0.25) is 5.02 Å². The summed E-state index contributed by atoms with van der Waals surface area (Å²) < 4.78 is 24.3. The molecule has 0 bridgehead atoms. The number of aliphatic hydroxyl groups excluding tert-OH is 1. The third-order valence-electron chi connectivity index (χ3n) is 3.95. The summed E-state index contributed by atoms with van der Waals surface area (Å²) in [5, 5.41) is 15.5. The average molecular weight is 397 g/mol. The molecule has 0 aliphatic heterocycles. The summed E-state index contributed by atoms with van der Waals surface area (Å²) in [6, 6.07) is 10.00. The van der Waals surface area contributed by atoms with E-state index < -0.39 is 0 Å². The van der Waals surface area contributed by atoms with Crippen molar-refractivity contribution in [3.05, 3.63) is 58.4 Å². The van der Waals surface area contributed by atoms with Crippen molar-refractivity contribution in [3.8, 4) is 11.5 Å². The summed E-state index contributed by atoms with van der Waals surface area (Å²) in [5.41, 5.74) is 1.79. The van der Waals surface area contributed by atoms with E-state index in [9.17, 15) is 4.39 Å². The number of rotatable bonds is 12. The van der Waals surface area contributed by atoms with Crippen LogP contribution in [-0.2, 0) is 13.2 Å². The summed E-state index contributed by atoms with van der Waals surface area (Å²) in [6.45, 7) is 3.49. The topological polar surface area (TPSA) is 62.8 Å². The molecule has 0 aromatic heterocycles. The Balaban J connectivity index is 1.84. The van der Waals surface area contributed by atoms with Gasteiger partial charge in [0.1, 0.15) is 12.4 Å². The Morgan fingerprint density at radius 1 is 1.04 bits per heavy atom. The first-order valence-electron chi connectivity index (χ1n) is 8.90. The third-order valence-corrected chi connectivity index (χ3v) is 4.30. The molecule has 0 saturated carbocycles. The van der Waals surface area contributed by atoms with Crippen LogP contribution in [0.5, 0.6) is 11.5 Å². The molecule has 0 spiro atoms. The van der Waals surface area contributed by atoms with Crippen LogP contribution in [0, 0.1) is 5.82 Å². The van der Waals surface area contributed by atoms with E-state index in [0.29, 0.717) is 28.6 Å². The Morgan fingerprint density at radius 2 is 1.85 bits per heavy atom. The van der Waals surface area contributed by atoms with E-state index in [1.54, 1.807) is 13.2 Å². The van der Waals surface area contributed by atoms with Crippen molar-refractivity contribution >= 4 is 11.6 Å². The fraction of sp³-hybridized carbons (Fsp3) is 0.400. The van der Waals surface area contributed by atoms with Gasteiger partial charge in [0.05, 0.1) is 18.7 Å². The molecule has 0 unspecified atom stereocenters. The molecule has 0 saturated heterocycles. The fourth-order valence-corrected chi connectivity index (χ4v) is 2.73. The van der Waals surface area contributed by atoms with Crippen LogP contribution in [0.3, 0.4) is 0 Å². The van der Waals surface area contributed by atoms with Gasteiger partial charge in [0.15, 0.2) is 11.5 Å². The van der Waals surface area contributed by atoms with Crippen molar-refractivity contribution in [3.63, 3.8) is 0 Å². The zero-order chi connectivity index (χ0) is 19.5. The molecule has 0 radical (unpaired) electrons. The minimum Gasteiger partial charge on any atom is -0.493 e. The Morgan fingerprint density at radius 3 is 2.59 bits per heavy atom. The maximum atomic E-state index is 13.1. The lowest BCUT2D eigenvalue weighted by atomic mass is 10.2. The van der Waals surface area contributed by atoms with E-state index >= 15 is 0 Å². The van der Waals surface area contributed by atoms with Gasteiger partial charge in [-0.15, -0.1) is 0 Å². The minimum atomic E-state index is -0.373. The zero-order valence-corrected chi connectivity index (χ0v) is 16.2. The summed E-state index contributed by atoms with van der Waals surface area (Å²) in [5.74, 6) is 0.870. The molecule has 0 atom stereocenters. The average Bonchev–Trinajstić information content (AvgIpc) is 2.67. The molecule has 7 heteroatoms. The molecule has 3 N–H and O–H groups in total. The molecule has 0 heterocycles. The Labute approximate surface area is 164 Å². The predicted octanol–water partition coefficient (Wildman–Crippen LogP) is 3.13. The van der Waals surface area contributed by atoms with Gasteiger partial charge < -0.3 is 25.2 Å². The first-order chi connectivity index (χ1) is 13.1. The van der Waals surface area contributed by atoms with E-state index in [0.717, 1.165) is 31.6 Å². The second-order valence-electron chi connectivity index (χ2n) is 6.01. The molecule has 2 aromatic carbocycles. The van der Waals surface area contributed by atoms with Crippen molar-refractivity contribution in [2.75, 3.05) is 33.4 Å². The molecule has 0 amide bonds. The fourth-order valence-electron chi connectivity index (χ4n) is 2.51. The van der Waals surface area contributed by atoms with Gasteiger partial charge in [0.2, 0.25) is 0 Å². The summed E-state index contributed by atoms with van der Waals surface area (Å²) >= 11 is 6.03. The van der Waals surface area contributed by atoms with Crippen LogP contribution in [0.4, 0.5) is 4.39 Å². The van der Waals surface area contributed by atoms with Crippen molar-refractivity contribution in [1.29, 1.82) is 0 Å². The largest absolute Gasteiger partial charge is 0.493 e. The van der Waals surface area contributed by atoms with Crippen LogP contribution < -0.4 is 20.1 Å². The lowest BCUT2D eigenvalue weighted by Crippen LogP contribution is -2.23. The van der Waals surface area contributed by atoms with Gasteiger partial charge in [-0.2, -0.15) is 0 Å². The second-order valence-corrected chi connectivity index (χ2v) is 6.42. The summed E-state index contributed by atoms with van der Waals surface area (Å²) in [7, 11) is 1.59. The molecule has 2 rings (SSSR count). The van der Waals surface area contributed by atoms with Gasteiger partial charge in [0, 0.05) is 18.7 Å².